The molecule has 12 heteroatoms. The molecule has 0 aliphatic heterocycles. The maximum Gasteiger partial charge on any atom is 2.00 e. The van der Waals surface area contributed by atoms with Crippen molar-refractivity contribution < 1.29 is 78.5 Å². The van der Waals surface area contributed by atoms with Gasteiger partial charge in [-0.15, -0.1) is 10.2 Å². The predicted octanol–water partition coefficient (Wildman–Crippen LogP) is -9.71. The molecule has 0 spiro atoms. The van der Waals surface area contributed by atoms with Crippen molar-refractivity contribution >= 4 is 0 Å². The van der Waals surface area contributed by atoms with Crippen LogP contribution in [0.25, 0.3) is 0 Å². The summed E-state index contributed by atoms with van der Waals surface area (Å²) >= 11 is 0. The third-order valence-corrected chi connectivity index (χ3v) is 0. The van der Waals surface area contributed by atoms with Crippen molar-refractivity contribution in [3.8, 4) is 0 Å². The van der Waals surface area contributed by atoms with Crippen molar-refractivity contribution in [3.05, 3.63) is 0 Å². The van der Waals surface area contributed by atoms with Crippen LogP contribution in [0.5, 0.6) is 0 Å². The van der Waals surface area contributed by atoms with Gasteiger partial charge in [-0.2, -0.15) is 0 Å². The molecule has 0 aliphatic carbocycles. The fourth-order valence-electron chi connectivity index (χ4n) is 0. The van der Waals surface area contributed by atoms with Crippen LogP contribution in [0.3, 0.4) is 0 Å². The summed E-state index contributed by atoms with van der Waals surface area (Å²) in [5.74, 6) is 0. The molecule has 0 heterocycles. The maximum atomic E-state index is 8.49. The Bertz CT molecular complexity index is 25.3. The number of rotatable bonds is 0. The summed E-state index contributed by atoms with van der Waals surface area (Å²) in [6.45, 7) is 0. The van der Waals surface area contributed by atoms with Crippen LogP contribution in [0.4, 0.5) is 0 Å². The van der Waals surface area contributed by atoms with Gasteiger partial charge >= 0.3 is 16.8 Å². The van der Waals surface area contributed by atoms with Crippen LogP contribution >= 0.6 is 0 Å². The molecule has 0 aromatic heterocycles. The van der Waals surface area contributed by atoms with Gasteiger partial charge in [0, 0.05) is 0 Å². The quantitative estimate of drug-likeness (QED) is 0.412. The summed E-state index contributed by atoms with van der Waals surface area (Å²) in [5.41, 5.74) is 0. The van der Waals surface area contributed by atoms with Gasteiger partial charge in [-0.1, -0.05) is 0 Å². The summed E-state index contributed by atoms with van der Waals surface area (Å²) < 4.78 is 34.0. The number of hydrogen-bond donors (Lipinski definition) is 0. The number of halogens is 1. The Kier molecular flexibility index (Phi) is 209. The molecule has 0 aliphatic rings. The molecule has 0 aromatic carbocycles. The largest absolute Gasteiger partial charge is 2.00 e. The molecular weight excluding hydrogens is 254 g/mol. The molecule has 0 bridgehead atoms. The van der Waals surface area contributed by atoms with Gasteiger partial charge < -0.3 is 32.9 Å². The minimum atomic E-state index is -4.94. The third-order valence-electron chi connectivity index (χ3n) is 0. The molecule has 12 N–H and O–H groups in total. The van der Waals surface area contributed by atoms with Crippen LogP contribution in [0, 0.1) is 10.2 Å². The van der Waals surface area contributed by atoms with E-state index in [1.165, 1.54) is 0 Å². The van der Waals surface area contributed by atoms with Crippen LogP contribution in [0.15, 0.2) is 0 Å². The Balaban J connectivity index is -0.00000000381. The molecule has 0 saturated carbocycles. The molecule has 1 radical (unpaired) electrons. The van der Waals surface area contributed by atoms with Gasteiger partial charge in [0.05, 0.1) is 0 Å². The summed E-state index contributed by atoms with van der Waals surface area (Å²) in [4.78, 5) is 0. The van der Waals surface area contributed by atoms with Crippen molar-refractivity contribution in [2.45, 2.75) is 0 Å². The van der Waals surface area contributed by atoms with Crippen LogP contribution in [-0.2, 0) is 16.8 Å². The van der Waals surface area contributed by atoms with E-state index in [9.17, 15) is 0 Å². The molecule has 0 aromatic rings. The van der Waals surface area contributed by atoms with E-state index < -0.39 is 10.2 Å². The van der Waals surface area contributed by atoms with E-state index in [0.717, 1.165) is 0 Å². The van der Waals surface area contributed by atoms with Crippen molar-refractivity contribution in [1.82, 2.24) is 0 Å². The van der Waals surface area contributed by atoms with E-state index in [2.05, 4.69) is 0 Å². The zero-order chi connectivity index (χ0) is 4.50. The van der Waals surface area contributed by atoms with Crippen molar-refractivity contribution in [2.24, 2.45) is 0 Å². The van der Waals surface area contributed by atoms with E-state index in [1.807, 2.05) is 0 Å². The van der Waals surface area contributed by atoms with Gasteiger partial charge in [-0.05, 0) is 0 Å². The zero-order valence-corrected chi connectivity index (χ0v) is 7.14. The Morgan fingerprint density at radius 2 is 0.500 bits per heavy atom. The second-order valence-electron chi connectivity index (χ2n) is 0.378. The van der Waals surface area contributed by atoms with E-state index in [0.29, 0.717) is 0 Å². The summed E-state index contributed by atoms with van der Waals surface area (Å²) in [7, 11) is -4.94. The standard InChI is InChI=1S/ClHO4.Co.6H2O/c2-1(3,4)5;;;;;;;/h(H,2,3,4,5);;6*1H2/q;+2;;;;;;/p-1. The molecule has 0 fully saturated rings. The molecule has 87 valence electrons. The predicted molar refractivity (Wildman–Crippen MR) is 21.7 cm³/mol. The molecule has 12 heavy (non-hydrogen) atoms. The first-order valence-electron chi connectivity index (χ1n) is 0.617. The van der Waals surface area contributed by atoms with E-state index in [4.69, 9.17) is 18.6 Å². The third kappa shape index (κ3) is 5840. The first-order chi connectivity index (χ1) is 2.00. The zero-order valence-electron chi connectivity index (χ0n) is 5.34. The van der Waals surface area contributed by atoms with E-state index in [-0.39, 0.29) is 49.6 Å². The van der Waals surface area contributed by atoms with Crippen molar-refractivity contribution in [1.29, 1.82) is 0 Å². The van der Waals surface area contributed by atoms with E-state index >= 15 is 0 Å². The average molecular weight is 266 g/mol. The van der Waals surface area contributed by atoms with Crippen LogP contribution in [0.2, 0.25) is 0 Å². The van der Waals surface area contributed by atoms with Crippen LogP contribution in [0.1, 0.15) is 0 Å². The van der Waals surface area contributed by atoms with Gasteiger partial charge in [0.1, 0.15) is 0 Å². The molecular formula is H12ClCoO10+. The first-order valence-corrected chi connectivity index (χ1v) is 1.85. The molecule has 0 atom stereocenters. The smallest absolute Gasteiger partial charge is 0.412 e. The van der Waals surface area contributed by atoms with Crippen molar-refractivity contribution in [3.63, 3.8) is 0 Å². The molecule has 0 amide bonds. The van der Waals surface area contributed by atoms with E-state index in [1.54, 1.807) is 0 Å². The first kappa shape index (κ1) is 83.3. The summed E-state index contributed by atoms with van der Waals surface area (Å²) in [5, 5.41) is 0. The second kappa shape index (κ2) is 30.1. The Labute approximate surface area is 79.2 Å². The van der Waals surface area contributed by atoms with Crippen LogP contribution < -0.4 is 18.6 Å². The van der Waals surface area contributed by atoms with Crippen LogP contribution in [-0.4, -0.2) is 32.9 Å². The SMILES string of the molecule is O.O.O.O.O.O.[Co+2].[O-][Cl+3]([O-])([O-])[O-]. The Morgan fingerprint density at radius 1 is 0.500 bits per heavy atom. The normalized spacial score (nSPS) is 5.00. The Hall–Kier alpha value is 0.396. The molecule has 0 rings (SSSR count). The minimum absolute atomic E-state index is 0. The summed E-state index contributed by atoms with van der Waals surface area (Å²) in [6, 6.07) is 0. The minimum Gasteiger partial charge on any atom is -0.412 e. The molecule has 0 saturated heterocycles. The van der Waals surface area contributed by atoms with Gasteiger partial charge in [0.25, 0.3) is 0 Å². The van der Waals surface area contributed by atoms with Gasteiger partial charge in [0.15, 0.2) is 0 Å². The maximum absolute atomic E-state index is 8.49. The van der Waals surface area contributed by atoms with Gasteiger partial charge in [-0.25, -0.2) is 18.6 Å². The topological polar surface area (TPSA) is 281 Å². The van der Waals surface area contributed by atoms with Crippen molar-refractivity contribution in [2.75, 3.05) is 0 Å². The molecule has 0 unspecified atom stereocenters. The second-order valence-corrected chi connectivity index (χ2v) is 1.13. The Morgan fingerprint density at radius 3 is 0.500 bits per heavy atom. The fraction of sp³-hybridized carbons (Fsp3) is 0. The molecule has 10 nitrogen and oxygen atoms in total. The summed E-state index contributed by atoms with van der Waals surface area (Å²) in [6.07, 6.45) is 0. The average Bonchev–Trinajstić information content (AvgIpc) is 0.722. The fourth-order valence-corrected chi connectivity index (χ4v) is 0. The van der Waals surface area contributed by atoms with Gasteiger partial charge in [0.2, 0.25) is 0 Å². The van der Waals surface area contributed by atoms with Gasteiger partial charge in [-0.3, -0.25) is 0 Å². The monoisotopic (exact) mass is 266 g/mol. The number of hydrogen-bond acceptors (Lipinski definition) is 4.